The third-order valence-electron chi connectivity index (χ3n) is 3.57. The number of hydrogen-bond acceptors (Lipinski definition) is 3. The summed E-state index contributed by atoms with van der Waals surface area (Å²) >= 11 is 1.70. The summed E-state index contributed by atoms with van der Waals surface area (Å²) in [7, 11) is 0. The summed E-state index contributed by atoms with van der Waals surface area (Å²) in [4.78, 5) is 15.6. The predicted molar refractivity (Wildman–Crippen MR) is 84.6 cm³/mol. The van der Waals surface area contributed by atoms with E-state index >= 15 is 0 Å². The summed E-state index contributed by atoms with van der Waals surface area (Å²) in [5.41, 5.74) is 1.14. The molecule has 0 aliphatic heterocycles. The van der Waals surface area contributed by atoms with Gasteiger partial charge >= 0.3 is 0 Å². The Bertz CT molecular complexity index is 605. The summed E-state index contributed by atoms with van der Waals surface area (Å²) < 4.78 is 5.64. The van der Waals surface area contributed by atoms with E-state index in [0.717, 1.165) is 24.2 Å². The second kappa shape index (κ2) is 6.31. The molecule has 1 saturated carbocycles. The summed E-state index contributed by atoms with van der Waals surface area (Å²) in [6.07, 6.45) is 2.23. The van der Waals surface area contributed by atoms with Gasteiger partial charge in [0.25, 0.3) is 5.91 Å². The predicted octanol–water partition coefficient (Wildman–Crippen LogP) is 3.63. The summed E-state index contributed by atoms with van der Waals surface area (Å²) in [5.74, 6) is 0.836. The Morgan fingerprint density at radius 2 is 2.19 bits per heavy atom. The van der Waals surface area contributed by atoms with Crippen molar-refractivity contribution in [2.75, 3.05) is 6.61 Å². The van der Waals surface area contributed by atoms with Gasteiger partial charge < -0.3 is 9.64 Å². The monoisotopic (exact) mass is 301 g/mol. The van der Waals surface area contributed by atoms with Gasteiger partial charge in [0.05, 0.1) is 6.54 Å². The van der Waals surface area contributed by atoms with Crippen molar-refractivity contribution in [3.05, 3.63) is 52.2 Å². The number of carbonyl (C=O) groups excluding carboxylic acids is 1. The molecule has 1 aliphatic carbocycles. The fraction of sp³-hybridized carbons (Fsp3) is 0.353. The van der Waals surface area contributed by atoms with Crippen molar-refractivity contribution >= 4 is 17.2 Å². The highest BCUT2D eigenvalue weighted by Crippen LogP contribution is 2.29. The highest BCUT2D eigenvalue weighted by Gasteiger charge is 2.32. The van der Waals surface area contributed by atoms with Crippen LogP contribution in [-0.4, -0.2) is 23.5 Å². The standard InChI is InChI=1S/C17H19NO2S/c1-13-4-2-5-15(10-13)20-12-17(19)18(14-7-8-14)11-16-6-3-9-21-16/h2-6,9-10,14H,7-8,11-12H2,1H3. The summed E-state index contributed by atoms with van der Waals surface area (Å²) in [6, 6.07) is 12.3. The number of amides is 1. The fourth-order valence-electron chi connectivity index (χ4n) is 2.31. The lowest BCUT2D eigenvalue weighted by Crippen LogP contribution is -2.36. The maximum atomic E-state index is 12.4. The molecule has 0 spiro atoms. The molecule has 0 atom stereocenters. The molecule has 21 heavy (non-hydrogen) atoms. The number of thiophene rings is 1. The van der Waals surface area contributed by atoms with Crippen LogP contribution in [0.25, 0.3) is 0 Å². The van der Waals surface area contributed by atoms with Crippen molar-refractivity contribution in [3.8, 4) is 5.75 Å². The maximum absolute atomic E-state index is 12.4. The van der Waals surface area contributed by atoms with E-state index in [1.54, 1.807) is 11.3 Å². The largest absolute Gasteiger partial charge is 0.484 e. The van der Waals surface area contributed by atoms with Crippen LogP contribution in [0.2, 0.25) is 0 Å². The first kappa shape index (κ1) is 14.1. The number of rotatable bonds is 6. The fourth-order valence-corrected chi connectivity index (χ4v) is 3.01. The Morgan fingerprint density at radius 1 is 1.33 bits per heavy atom. The van der Waals surface area contributed by atoms with Gasteiger partial charge in [-0.3, -0.25) is 4.79 Å². The second-order valence-electron chi connectivity index (χ2n) is 5.44. The van der Waals surface area contributed by atoms with Crippen molar-refractivity contribution in [1.82, 2.24) is 4.90 Å². The summed E-state index contributed by atoms with van der Waals surface area (Å²) in [6.45, 7) is 2.84. The molecule has 1 fully saturated rings. The molecule has 0 unspecified atom stereocenters. The maximum Gasteiger partial charge on any atom is 0.261 e. The van der Waals surface area contributed by atoms with E-state index in [0.29, 0.717) is 12.6 Å². The van der Waals surface area contributed by atoms with Gasteiger partial charge in [-0.15, -0.1) is 11.3 Å². The van der Waals surface area contributed by atoms with E-state index in [1.807, 2.05) is 47.5 Å². The normalized spacial score (nSPS) is 14.0. The highest BCUT2D eigenvalue weighted by atomic mass is 32.1. The van der Waals surface area contributed by atoms with Crippen LogP contribution in [0.15, 0.2) is 41.8 Å². The third kappa shape index (κ3) is 3.85. The molecular formula is C17H19NO2S. The Kier molecular flexibility index (Phi) is 4.25. The van der Waals surface area contributed by atoms with Gasteiger partial charge in [-0.05, 0) is 48.9 Å². The number of benzene rings is 1. The highest BCUT2D eigenvalue weighted by molar-refractivity contribution is 7.09. The minimum absolute atomic E-state index is 0.0763. The van der Waals surface area contributed by atoms with Crippen LogP contribution in [0.4, 0.5) is 0 Å². The zero-order chi connectivity index (χ0) is 14.7. The van der Waals surface area contributed by atoms with Crippen molar-refractivity contribution in [2.24, 2.45) is 0 Å². The number of carbonyl (C=O) groups is 1. The Balaban J connectivity index is 1.59. The van der Waals surface area contributed by atoms with Crippen LogP contribution in [0.1, 0.15) is 23.3 Å². The molecule has 1 amide bonds. The first-order chi connectivity index (χ1) is 10.2. The van der Waals surface area contributed by atoms with Gasteiger partial charge in [-0.25, -0.2) is 0 Å². The van der Waals surface area contributed by atoms with E-state index in [9.17, 15) is 4.79 Å². The lowest BCUT2D eigenvalue weighted by Gasteiger charge is -2.22. The molecule has 1 aromatic carbocycles. The number of aryl methyl sites for hydroxylation is 1. The van der Waals surface area contributed by atoms with Crippen LogP contribution >= 0.6 is 11.3 Å². The topological polar surface area (TPSA) is 29.5 Å². The van der Waals surface area contributed by atoms with Gasteiger partial charge in [0.1, 0.15) is 5.75 Å². The Hall–Kier alpha value is -1.81. The Morgan fingerprint density at radius 3 is 2.86 bits per heavy atom. The minimum Gasteiger partial charge on any atom is -0.484 e. The van der Waals surface area contributed by atoms with Gasteiger partial charge in [0.15, 0.2) is 6.61 Å². The molecule has 4 heteroatoms. The quantitative estimate of drug-likeness (QED) is 0.815. The summed E-state index contributed by atoms with van der Waals surface area (Å²) in [5, 5.41) is 2.05. The lowest BCUT2D eigenvalue weighted by molar-refractivity contribution is -0.134. The Labute approximate surface area is 129 Å². The first-order valence-corrected chi connectivity index (χ1v) is 8.11. The number of ether oxygens (including phenoxy) is 1. The molecule has 1 aromatic heterocycles. The van der Waals surface area contributed by atoms with Crippen LogP contribution < -0.4 is 4.74 Å². The molecule has 110 valence electrons. The van der Waals surface area contributed by atoms with Crippen molar-refractivity contribution < 1.29 is 9.53 Å². The smallest absolute Gasteiger partial charge is 0.261 e. The van der Waals surface area contributed by atoms with Crippen molar-refractivity contribution in [2.45, 2.75) is 32.4 Å². The van der Waals surface area contributed by atoms with E-state index < -0.39 is 0 Å². The van der Waals surface area contributed by atoms with Crippen molar-refractivity contribution in [1.29, 1.82) is 0 Å². The molecule has 1 heterocycles. The van der Waals surface area contributed by atoms with Gasteiger partial charge in [-0.2, -0.15) is 0 Å². The lowest BCUT2D eigenvalue weighted by atomic mass is 10.2. The molecule has 1 aliphatic rings. The molecular weight excluding hydrogens is 282 g/mol. The van der Waals surface area contributed by atoms with Crippen LogP contribution in [-0.2, 0) is 11.3 Å². The van der Waals surface area contributed by atoms with Gasteiger partial charge in [0.2, 0.25) is 0 Å². The van der Waals surface area contributed by atoms with Crippen LogP contribution in [0.3, 0.4) is 0 Å². The molecule has 0 N–H and O–H groups in total. The van der Waals surface area contributed by atoms with Crippen molar-refractivity contribution in [3.63, 3.8) is 0 Å². The van der Waals surface area contributed by atoms with E-state index in [2.05, 4.69) is 6.07 Å². The number of hydrogen-bond donors (Lipinski definition) is 0. The third-order valence-corrected chi connectivity index (χ3v) is 4.43. The first-order valence-electron chi connectivity index (χ1n) is 7.24. The molecule has 0 saturated heterocycles. The second-order valence-corrected chi connectivity index (χ2v) is 6.47. The number of nitrogens with zero attached hydrogens (tertiary/aromatic N) is 1. The zero-order valence-electron chi connectivity index (χ0n) is 12.1. The van der Waals surface area contributed by atoms with E-state index in [-0.39, 0.29) is 12.5 Å². The molecule has 3 rings (SSSR count). The minimum atomic E-state index is 0.0763. The van der Waals surface area contributed by atoms with Gasteiger partial charge in [-0.1, -0.05) is 18.2 Å². The van der Waals surface area contributed by atoms with Crippen LogP contribution in [0.5, 0.6) is 5.75 Å². The molecule has 0 bridgehead atoms. The average molecular weight is 301 g/mol. The van der Waals surface area contributed by atoms with Gasteiger partial charge in [0, 0.05) is 10.9 Å². The molecule has 0 radical (unpaired) electrons. The SMILES string of the molecule is Cc1cccc(OCC(=O)N(Cc2cccs2)C2CC2)c1. The zero-order valence-corrected chi connectivity index (χ0v) is 12.9. The average Bonchev–Trinajstić information content (AvgIpc) is 3.19. The van der Waals surface area contributed by atoms with Crippen LogP contribution in [0, 0.1) is 6.92 Å². The van der Waals surface area contributed by atoms with E-state index in [1.165, 1.54) is 4.88 Å². The molecule has 2 aromatic rings. The molecule has 3 nitrogen and oxygen atoms in total. The van der Waals surface area contributed by atoms with E-state index in [4.69, 9.17) is 4.74 Å².